The highest BCUT2D eigenvalue weighted by molar-refractivity contribution is 5.76. The van der Waals surface area contributed by atoms with Gasteiger partial charge in [-0.1, -0.05) is 6.92 Å². The van der Waals surface area contributed by atoms with Crippen LogP contribution in [0, 0.1) is 0 Å². The van der Waals surface area contributed by atoms with Gasteiger partial charge in [-0.2, -0.15) is 0 Å². The molecule has 4 nitrogen and oxygen atoms in total. The molecule has 1 atom stereocenters. The lowest BCUT2D eigenvalue weighted by atomic mass is 10.0. The monoisotopic (exact) mass is 303 g/mol. The van der Waals surface area contributed by atoms with E-state index in [1.165, 1.54) is 0 Å². The number of nitrogens with one attached hydrogen (secondary N) is 1. The van der Waals surface area contributed by atoms with Gasteiger partial charge in [0.15, 0.2) is 0 Å². The lowest BCUT2D eigenvalue weighted by Crippen LogP contribution is -2.47. The molecule has 6 heteroatoms. The van der Waals surface area contributed by atoms with Crippen LogP contribution in [0.3, 0.4) is 0 Å². The van der Waals surface area contributed by atoms with Crippen LogP contribution >= 0.6 is 0 Å². The zero-order valence-corrected chi connectivity index (χ0v) is 13.2. The summed E-state index contributed by atoms with van der Waals surface area (Å²) in [4.78, 5) is 15.7. The quantitative estimate of drug-likeness (QED) is 0.859. The molecular weight excluding hydrogens is 276 g/mol. The van der Waals surface area contributed by atoms with Crippen molar-refractivity contribution in [3.05, 3.63) is 0 Å². The van der Waals surface area contributed by atoms with E-state index in [0.717, 1.165) is 25.9 Å². The molecule has 2 saturated heterocycles. The smallest absolute Gasteiger partial charge is 0.281 e. The van der Waals surface area contributed by atoms with E-state index in [0.29, 0.717) is 6.04 Å². The van der Waals surface area contributed by atoms with Gasteiger partial charge in [-0.05, 0) is 39.8 Å². The maximum Gasteiger partial charge on any atom is 0.281 e. The molecule has 122 valence electrons. The van der Waals surface area contributed by atoms with E-state index in [-0.39, 0.29) is 31.5 Å². The molecule has 2 rings (SSSR count). The number of carbonyl (C=O) groups excluding carboxylic acids is 1. The fourth-order valence-corrected chi connectivity index (χ4v) is 3.31. The number of halogens is 2. The number of carbonyl (C=O) groups is 1. The Morgan fingerprint density at radius 1 is 1.33 bits per heavy atom. The summed E-state index contributed by atoms with van der Waals surface area (Å²) < 4.78 is 28.1. The highest BCUT2D eigenvalue weighted by atomic mass is 19.3. The van der Waals surface area contributed by atoms with E-state index in [4.69, 9.17) is 0 Å². The van der Waals surface area contributed by atoms with Crippen molar-refractivity contribution >= 4 is 5.91 Å². The molecule has 1 unspecified atom stereocenters. The predicted octanol–water partition coefficient (Wildman–Crippen LogP) is 1.70. The third-order valence-corrected chi connectivity index (χ3v) is 4.74. The first kappa shape index (κ1) is 16.6. The average Bonchev–Trinajstić information content (AvgIpc) is 2.74. The highest BCUT2D eigenvalue weighted by Crippen LogP contribution is 2.31. The molecule has 0 aliphatic carbocycles. The third-order valence-electron chi connectivity index (χ3n) is 4.74. The SMILES string of the molecule is CCC(=O)NC1CN(C2CCN(C(C)C)CC2)CC1(F)F. The van der Waals surface area contributed by atoms with Crippen LogP contribution in [0.1, 0.15) is 40.0 Å². The van der Waals surface area contributed by atoms with Crippen molar-refractivity contribution < 1.29 is 13.6 Å². The van der Waals surface area contributed by atoms with Gasteiger partial charge in [0.1, 0.15) is 6.04 Å². The lowest BCUT2D eigenvalue weighted by Gasteiger charge is -2.38. The molecular formula is C15H27F2N3O. The fraction of sp³-hybridized carbons (Fsp3) is 0.933. The van der Waals surface area contributed by atoms with Crippen molar-refractivity contribution in [3.8, 4) is 0 Å². The van der Waals surface area contributed by atoms with Gasteiger partial charge >= 0.3 is 0 Å². The van der Waals surface area contributed by atoms with Gasteiger partial charge in [-0.15, -0.1) is 0 Å². The van der Waals surface area contributed by atoms with Gasteiger partial charge in [0.2, 0.25) is 5.91 Å². The number of hydrogen-bond acceptors (Lipinski definition) is 3. The van der Waals surface area contributed by atoms with Crippen molar-refractivity contribution in [2.75, 3.05) is 26.2 Å². The zero-order chi connectivity index (χ0) is 15.6. The third kappa shape index (κ3) is 3.92. The summed E-state index contributed by atoms with van der Waals surface area (Å²) in [5, 5.41) is 2.47. The van der Waals surface area contributed by atoms with Crippen molar-refractivity contribution in [2.45, 2.75) is 64.1 Å². The van der Waals surface area contributed by atoms with Gasteiger partial charge in [0.05, 0.1) is 6.54 Å². The molecule has 2 aliphatic rings. The number of piperidine rings is 1. The normalized spacial score (nSPS) is 28.2. The minimum atomic E-state index is -2.82. The second kappa shape index (κ2) is 6.57. The fourth-order valence-electron chi connectivity index (χ4n) is 3.31. The van der Waals surface area contributed by atoms with Gasteiger partial charge in [0, 0.05) is 25.0 Å². The van der Waals surface area contributed by atoms with Gasteiger partial charge in [0.25, 0.3) is 5.92 Å². The second-order valence-electron chi connectivity index (χ2n) is 6.53. The largest absolute Gasteiger partial charge is 0.346 e. The summed E-state index contributed by atoms with van der Waals surface area (Å²) in [5.41, 5.74) is 0. The van der Waals surface area contributed by atoms with Crippen LogP contribution in [0.2, 0.25) is 0 Å². The summed E-state index contributed by atoms with van der Waals surface area (Å²) in [6.45, 7) is 8.00. The van der Waals surface area contributed by atoms with Crippen LogP contribution in [-0.4, -0.2) is 65.9 Å². The van der Waals surface area contributed by atoms with Crippen LogP contribution < -0.4 is 5.32 Å². The number of hydrogen-bond donors (Lipinski definition) is 1. The number of amides is 1. The molecule has 1 amide bonds. The Morgan fingerprint density at radius 3 is 2.48 bits per heavy atom. The Hall–Kier alpha value is -0.750. The first-order valence-electron chi connectivity index (χ1n) is 7.98. The summed E-state index contributed by atoms with van der Waals surface area (Å²) in [7, 11) is 0. The number of likely N-dealkylation sites (tertiary alicyclic amines) is 2. The standard InChI is InChI=1S/C15H27F2N3O/c1-4-14(21)18-13-9-20(10-15(13,16)17)12-5-7-19(8-6-12)11(2)3/h11-13H,4-10H2,1-3H3,(H,18,21). The van der Waals surface area contributed by atoms with Crippen LogP contribution in [0.5, 0.6) is 0 Å². The molecule has 0 bridgehead atoms. The molecule has 21 heavy (non-hydrogen) atoms. The Bertz CT molecular complexity index is 368. The summed E-state index contributed by atoms with van der Waals surface area (Å²) in [6.07, 6.45) is 2.12. The van der Waals surface area contributed by atoms with Crippen LogP contribution in [0.25, 0.3) is 0 Å². The molecule has 1 N–H and O–H groups in total. The molecule has 0 radical (unpaired) electrons. The van der Waals surface area contributed by atoms with Crippen molar-refractivity contribution in [3.63, 3.8) is 0 Å². The van der Waals surface area contributed by atoms with E-state index in [1.54, 1.807) is 6.92 Å². The van der Waals surface area contributed by atoms with Crippen LogP contribution in [0.4, 0.5) is 8.78 Å². The van der Waals surface area contributed by atoms with Gasteiger partial charge < -0.3 is 10.2 Å². The Kier molecular flexibility index (Phi) is 5.20. The van der Waals surface area contributed by atoms with Crippen LogP contribution in [-0.2, 0) is 4.79 Å². The second-order valence-corrected chi connectivity index (χ2v) is 6.53. The van der Waals surface area contributed by atoms with Crippen molar-refractivity contribution in [1.82, 2.24) is 15.1 Å². The van der Waals surface area contributed by atoms with Gasteiger partial charge in [-0.25, -0.2) is 8.78 Å². The van der Waals surface area contributed by atoms with E-state index in [1.807, 2.05) is 4.90 Å². The van der Waals surface area contributed by atoms with Crippen molar-refractivity contribution in [1.29, 1.82) is 0 Å². The van der Waals surface area contributed by atoms with Crippen LogP contribution in [0.15, 0.2) is 0 Å². The molecule has 0 spiro atoms. The Morgan fingerprint density at radius 2 is 1.95 bits per heavy atom. The minimum Gasteiger partial charge on any atom is -0.346 e. The number of rotatable bonds is 4. The molecule has 0 saturated carbocycles. The van der Waals surface area contributed by atoms with E-state index in [2.05, 4.69) is 24.1 Å². The maximum atomic E-state index is 14.0. The molecule has 2 heterocycles. The topological polar surface area (TPSA) is 35.6 Å². The lowest BCUT2D eigenvalue weighted by molar-refractivity contribution is -0.123. The highest BCUT2D eigenvalue weighted by Gasteiger charge is 2.50. The van der Waals surface area contributed by atoms with Gasteiger partial charge in [-0.3, -0.25) is 9.69 Å². The molecule has 2 fully saturated rings. The first-order chi connectivity index (χ1) is 9.83. The Labute approximate surface area is 125 Å². The minimum absolute atomic E-state index is 0.217. The van der Waals surface area contributed by atoms with E-state index in [9.17, 15) is 13.6 Å². The van der Waals surface area contributed by atoms with Crippen molar-refractivity contribution in [2.24, 2.45) is 0 Å². The summed E-state index contributed by atoms with van der Waals surface area (Å²) >= 11 is 0. The number of nitrogens with zero attached hydrogens (tertiary/aromatic N) is 2. The summed E-state index contributed by atoms with van der Waals surface area (Å²) in [5.74, 6) is -3.11. The Balaban J connectivity index is 1.90. The molecule has 2 aliphatic heterocycles. The van der Waals surface area contributed by atoms with E-state index >= 15 is 0 Å². The molecule has 0 aromatic rings. The summed E-state index contributed by atoms with van der Waals surface area (Å²) in [6, 6.07) is -0.301. The first-order valence-corrected chi connectivity index (χ1v) is 7.98. The number of alkyl halides is 2. The molecule has 0 aromatic carbocycles. The average molecular weight is 303 g/mol. The van der Waals surface area contributed by atoms with E-state index < -0.39 is 12.0 Å². The predicted molar refractivity (Wildman–Crippen MR) is 78.5 cm³/mol. The maximum absolute atomic E-state index is 14.0. The molecule has 0 aromatic heterocycles. The zero-order valence-electron chi connectivity index (χ0n) is 13.2.